The molecule has 0 spiro atoms. The maximum absolute atomic E-state index is 12.2. The fourth-order valence-corrected chi connectivity index (χ4v) is 2.86. The molecule has 6 heteroatoms. The molecule has 23 heavy (non-hydrogen) atoms. The van der Waals surface area contributed by atoms with Gasteiger partial charge in [-0.1, -0.05) is 13.0 Å². The Morgan fingerprint density at radius 2 is 2.09 bits per heavy atom. The zero-order chi connectivity index (χ0) is 17.0. The Bertz CT molecular complexity index is 627. The van der Waals surface area contributed by atoms with Gasteiger partial charge in [0, 0.05) is 26.4 Å². The number of amides is 2. The lowest BCUT2D eigenvalue weighted by Gasteiger charge is -2.29. The maximum atomic E-state index is 12.2. The van der Waals surface area contributed by atoms with Gasteiger partial charge in [-0.3, -0.25) is 9.59 Å². The van der Waals surface area contributed by atoms with E-state index in [0.29, 0.717) is 36.4 Å². The van der Waals surface area contributed by atoms with Crippen LogP contribution in [0, 0.1) is 0 Å². The molecule has 0 aromatic heterocycles. The van der Waals surface area contributed by atoms with E-state index in [1.807, 2.05) is 6.92 Å². The zero-order valence-corrected chi connectivity index (χ0v) is 13.8. The van der Waals surface area contributed by atoms with Gasteiger partial charge in [0.05, 0.1) is 24.0 Å². The Morgan fingerprint density at radius 1 is 1.35 bits per heavy atom. The molecular formula is C17H22N2O4. The second-order valence-corrected chi connectivity index (χ2v) is 5.48. The van der Waals surface area contributed by atoms with Crippen molar-refractivity contribution in [1.82, 2.24) is 0 Å². The van der Waals surface area contributed by atoms with Crippen LogP contribution in [0.25, 0.3) is 0 Å². The van der Waals surface area contributed by atoms with Gasteiger partial charge in [-0.05, 0) is 25.0 Å². The molecule has 2 amide bonds. The average molecular weight is 318 g/mol. The van der Waals surface area contributed by atoms with Crippen molar-refractivity contribution < 1.29 is 19.1 Å². The smallest absolute Gasteiger partial charge is 0.340 e. The maximum Gasteiger partial charge on any atom is 0.340 e. The van der Waals surface area contributed by atoms with Gasteiger partial charge < -0.3 is 14.5 Å². The van der Waals surface area contributed by atoms with Crippen molar-refractivity contribution in [3.8, 4) is 0 Å². The molecule has 0 atom stereocenters. The molecule has 0 unspecified atom stereocenters. The van der Waals surface area contributed by atoms with E-state index < -0.39 is 5.97 Å². The Balaban J connectivity index is 2.63. The Morgan fingerprint density at radius 3 is 2.61 bits per heavy atom. The summed E-state index contributed by atoms with van der Waals surface area (Å²) in [7, 11) is 1.30. The van der Waals surface area contributed by atoms with Gasteiger partial charge in [-0.15, -0.1) is 0 Å². The quantitative estimate of drug-likeness (QED) is 0.782. The van der Waals surface area contributed by atoms with E-state index >= 15 is 0 Å². The van der Waals surface area contributed by atoms with Crippen molar-refractivity contribution >= 4 is 29.2 Å². The lowest BCUT2D eigenvalue weighted by molar-refractivity contribution is -0.117. The highest BCUT2D eigenvalue weighted by atomic mass is 16.5. The third-order valence-electron chi connectivity index (χ3n) is 3.88. The average Bonchev–Trinajstić information content (AvgIpc) is 2.97. The summed E-state index contributed by atoms with van der Waals surface area (Å²) in [5, 5.41) is 0. The first-order valence-electron chi connectivity index (χ1n) is 7.81. The molecule has 0 N–H and O–H groups in total. The highest BCUT2D eigenvalue weighted by Crippen LogP contribution is 2.36. The predicted molar refractivity (Wildman–Crippen MR) is 87.7 cm³/mol. The number of nitrogens with zero attached hydrogens (tertiary/aromatic N) is 2. The minimum Gasteiger partial charge on any atom is -0.465 e. The van der Waals surface area contributed by atoms with Crippen LogP contribution in [0.2, 0.25) is 0 Å². The molecule has 0 aliphatic carbocycles. The van der Waals surface area contributed by atoms with Crippen molar-refractivity contribution in [2.24, 2.45) is 0 Å². The third-order valence-corrected chi connectivity index (χ3v) is 3.88. The number of ether oxygens (including phenoxy) is 1. The number of carbonyl (C=O) groups excluding carboxylic acids is 3. The number of anilines is 2. The van der Waals surface area contributed by atoms with Crippen LogP contribution < -0.4 is 9.80 Å². The van der Waals surface area contributed by atoms with E-state index in [9.17, 15) is 14.4 Å². The van der Waals surface area contributed by atoms with Gasteiger partial charge in [0.1, 0.15) is 0 Å². The van der Waals surface area contributed by atoms with Crippen LogP contribution in [0.15, 0.2) is 18.2 Å². The number of esters is 1. The van der Waals surface area contributed by atoms with E-state index in [0.717, 1.165) is 12.8 Å². The molecule has 0 bridgehead atoms. The Kier molecular flexibility index (Phi) is 5.36. The number of methoxy groups -OCH3 is 1. The summed E-state index contributed by atoms with van der Waals surface area (Å²) in [5.41, 5.74) is 1.36. The van der Waals surface area contributed by atoms with Crippen molar-refractivity contribution in [3.05, 3.63) is 23.8 Å². The first-order chi connectivity index (χ1) is 11.0. The van der Waals surface area contributed by atoms with Crippen molar-refractivity contribution in [3.63, 3.8) is 0 Å². The molecule has 1 saturated heterocycles. The molecule has 0 saturated carbocycles. The number of hydrogen-bond acceptors (Lipinski definition) is 4. The number of hydrogen-bond donors (Lipinski definition) is 0. The highest BCUT2D eigenvalue weighted by Gasteiger charge is 2.30. The van der Waals surface area contributed by atoms with Gasteiger partial charge in [0.15, 0.2) is 0 Å². The normalized spacial score (nSPS) is 14.0. The molecule has 124 valence electrons. The van der Waals surface area contributed by atoms with E-state index in [4.69, 9.17) is 4.74 Å². The third kappa shape index (κ3) is 3.36. The van der Waals surface area contributed by atoms with Crippen LogP contribution in [0.3, 0.4) is 0 Å². The largest absolute Gasteiger partial charge is 0.465 e. The Labute approximate surface area is 136 Å². The van der Waals surface area contributed by atoms with E-state index in [-0.39, 0.29) is 11.8 Å². The van der Waals surface area contributed by atoms with Crippen LogP contribution >= 0.6 is 0 Å². The second-order valence-electron chi connectivity index (χ2n) is 5.48. The highest BCUT2D eigenvalue weighted by molar-refractivity contribution is 6.09. The summed E-state index contributed by atoms with van der Waals surface area (Å²) in [6.45, 7) is 4.48. The Hall–Kier alpha value is -2.37. The monoisotopic (exact) mass is 318 g/mol. The van der Waals surface area contributed by atoms with Crippen LogP contribution in [0.5, 0.6) is 0 Å². The summed E-state index contributed by atoms with van der Waals surface area (Å²) in [6.07, 6.45) is 1.99. The van der Waals surface area contributed by atoms with Gasteiger partial charge in [0.25, 0.3) is 0 Å². The summed E-state index contributed by atoms with van der Waals surface area (Å²) in [5.74, 6) is -0.680. The number of para-hydroxylation sites is 1. The fourth-order valence-electron chi connectivity index (χ4n) is 2.86. The predicted octanol–water partition coefficient (Wildman–Crippen LogP) is 2.36. The molecule has 1 heterocycles. The van der Waals surface area contributed by atoms with Crippen LogP contribution in [-0.2, 0) is 14.3 Å². The lowest BCUT2D eigenvalue weighted by atomic mass is 10.1. The molecule has 6 nitrogen and oxygen atoms in total. The van der Waals surface area contributed by atoms with Gasteiger partial charge >= 0.3 is 5.97 Å². The minimum atomic E-state index is -0.518. The van der Waals surface area contributed by atoms with Crippen LogP contribution in [0.1, 0.15) is 43.5 Å². The molecule has 1 aliphatic heterocycles. The summed E-state index contributed by atoms with van der Waals surface area (Å²) < 4.78 is 4.85. The standard InChI is InChI=1S/C17H22N2O4/c1-4-10-18(12(2)20)16-13(17(22)23-3)7-5-8-14(16)19-11-6-9-15(19)21/h5,7-8H,4,6,9-11H2,1-3H3. The number of rotatable bonds is 5. The molecule has 1 aromatic rings. The fraction of sp³-hybridized carbons (Fsp3) is 0.471. The van der Waals surface area contributed by atoms with Gasteiger partial charge in [0.2, 0.25) is 11.8 Å². The molecule has 1 aliphatic rings. The SMILES string of the molecule is CCCN(C(C)=O)c1c(C(=O)OC)cccc1N1CCCC1=O. The summed E-state index contributed by atoms with van der Waals surface area (Å²) in [6, 6.07) is 5.11. The molecule has 1 aromatic carbocycles. The van der Waals surface area contributed by atoms with E-state index in [2.05, 4.69) is 0 Å². The van der Waals surface area contributed by atoms with Gasteiger partial charge in [-0.2, -0.15) is 0 Å². The van der Waals surface area contributed by atoms with Crippen LogP contribution in [0.4, 0.5) is 11.4 Å². The molecule has 2 rings (SSSR count). The van der Waals surface area contributed by atoms with E-state index in [1.165, 1.54) is 14.0 Å². The zero-order valence-electron chi connectivity index (χ0n) is 13.8. The van der Waals surface area contributed by atoms with Crippen molar-refractivity contribution in [2.45, 2.75) is 33.1 Å². The molecule has 0 radical (unpaired) electrons. The van der Waals surface area contributed by atoms with Gasteiger partial charge in [-0.25, -0.2) is 4.79 Å². The first kappa shape index (κ1) is 17.0. The second kappa shape index (κ2) is 7.26. The van der Waals surface area contributed by atoms with Crippen LogP contribution in [-0.4, -0.2) is 38.0 Å². The topological polar surface area (TPSA) is 66.9 Å². The van der Waals surface area contributed by atoms with E-state index in [1.54, 1.807) is 28.0 Å². The van der Waals surface area contributed by atoms with Crippen molar-refractivity contribution in [2.75, 3.05) is 30.0 Å². The number of carbonyl (C=O) groups is 3. The lowest BCUT2D eigenvalue weighted by Crippen LogP contribution is -2.34. The molecule has 1 fully saturated rings. The van der Waals surface area contributed by atoms with Crippen molar-refractivity contribution in [1.29, 1.82) is 0 Å². The first-order valence-corrected chi connectivity index (χ1v) is 7.81. The molecular weight excluding hydrogens is 296 g/mol. The minimum absolute atomic E-state index is 0.00765. The summed E-state index contributed by atoms with van der Waals surface area (Å²) in [4.78, 5) is 39.6. The number of benzene rings is 1. The summed E-state index contributed by atoms with van der Waals surface area (Å²) >= 11 is 0.